The van der Waals surface area contributed by atoms with Crippen molar-refractivity contribution in [2.45, 2.75) is 44.6 Å². The van der Waals surface area contributed by atoms with E-state index in [1.165, 1.54) is 25.7 Å². The van der Waals surface area contributed by atoms with Crippen molar-refractivity contribution >= 4 is 17.5 Å². The Morgan fingerprint density at radius 3 is 2.42 bits per heavy atom. The van der Waals surface area contributed by atoms with E-state index in [-0.39, 0.29) is 17.9 Å². The summed E-state index contributed by atoms with van der Waals surface area (Å²) in [6.07, 6.45) is 7.06. The third-order valence-electron chi connectivity index (χ3n) is 5.01. The van der Waals surface area contributed by atoms with Crippen molar-refractivity contribution in [3.05, 3.63) is 29.8 Å². The fraction of sp³-hybridized carbons (Fsp3) is 0.600. The maximum absolute atomic E-state index is 12.2. The van der Waals surface area contributed by atoms with Crippen molar-refractivity contribution in [2.24, 2.45) is 0 Å². The van der Waals surface area contributed by atoms with Crippen LogP contribution in [0.15, 0.2) is 24.3 Å². The Kier molecular flexibility index (Phi) is 7.03. The first-order valence-electron chi connectivity index (χ1n) is 9.73. The number of carbonyl (C=O) groups is 2. The van der Waals surface area contributed by atoms with Gasteiger partial charge in [0.25, 0.3) is 5.91 Å². The molecule has 2 amide bonds. The van der Waals surface area contributed by atoms with E-state index in [1.807, 2.05) is 0 Å². The van der Waals surface area contributed by atoms with Crippen molar-refractivity contribution in [2.75, 3.05) is 38.1 Å². The van der Waals surface area contributed by atoms with Crippen molar-refractivity contribution in [1.82, 2.24) is 10.2 Å². The third-order valence-corrected chi connectivity index (χ3v) is 5.01. The van der Waals surface area contributed by atoms with Crippen LogP contribution in [-0.4, -0.2) is 55.6 Å². The first-order chi connectivity index (χ1) is 12.7. The SMILES string of the molecule is O=C(CN1CCCCCC1)Nc1ccc(C(=O)NCC2CCCO2)cc1. The van der Waals surface area contributed by atoms with Crippen LogP contribution in [0.25, 0.3) is 0 Å². The van der Waals surface area contributed by atoms with Crippen LogP contribution in [0.5, 0.6) is 0 Å². The van der Waals surface area contributed by atoms with Gasteiger partial charge in [0.05, 0.1) is 12.6 Å². The Bertz CT molecular complexity index is 589. The molecule has 2 saturated heterocycles. The van der Waals surface area contributed by atoms with Crippen LogP contribution in [-0.2, 0) is 9.53 Å². The first kappa shape index (κ1) is 18.9. The molecule has 2 N–H and O–H groups in total. The number of nitrogens with one attached hydrogen (secondary N) is 2. The van der Waals surface area contributed by atoms with Gasteiger partial charge in [0.2, 0.25) is 5.91 Å². The van der Waals surface area contributed by atoms with Gasteiger partial charge in [-0.25, -0.2) is 0 Å². The number of ether oxygens (including phenoxy) is 1. The van der Waals surface area contributed by atoms with Crippen LogP contribution in [0.3, 0.4) is 0 Å². The Labute approximate surface area is 155 Å². The van der Waals surface area contributed by atoms with E-state index >= 15 is 0 Å². The molecule has 142 valence electrons. The largest absolute Gasteiger partial charge is 0.376 e. The van der Waals surface area contributed by atoms with Gasteiger partial charge >= 0.3 is 0 Å². The Hall–Kier alpha value is -1.92. The number of anilines is 1. The van der Waals surface area contributed by atoms with Gasteiger partial charge in [-0.15, -0.1) is 0 Å². The van der Waals surface area contributed by atoms with Gasteiger partial charge in [0.15, 0.2) is 0 Å². The Morgan fingerprint density at radius 1 is 1.04 bits per heavy atom. The molecular weight excluding hydrogens is 330 g/mol. The molecule has 6 nitrogen and oxygen atoms in total. The first-order valence-corrected chi connectivity index (χ1v) is 9.73. The third kappa shape index (κ3) is 5.81. The topological polar surface area (TPSA) is 70.7 Å². The number of likely N-dealkylation sites (tertiary alicyclic amines) is 1. The fourth-order valence-electron chi connectivity index (χ4n) is 3.52. The summed E-state index contributed by atoms with van der Waals surface area (Å²) in [6.45, 7) is 3.76. The monoisotopic (exact) mass is 359 g/mol. The summed E-state index contributed by atoms with van der Waals surface area (Å²) >= 11 is 0. The molecule has 0 aliphatic carbocycles. The predicted molar refractivity (Wildman–Crippen MR) is 101 cm³/mol. The second kappa shape index (κ2) is 9.69. The molecule has 0 spiro atoms. The lowest BCUT2D eigenvalue weighted by molar-refractivity contribution is -0.117. The summed E-state index contributed by atoms with van der Waals surface area (Å²) in [5.74, 6) is -0.106. The number of nitrogens with zero attached hydrogens (tertiary/aromatic N) is 1. The highest BCUT2D eigenvalue weighted by molar-refractivity contribution is 5.96. The van der Waals surface area contributed by atoms with E-state index in [4.69, 9.17) is 4.74 Å². The van der Waals surface area contributed by atoms with Gasteiger partial charge in [0, 0.05) is 24.4 Å². The molecule has 2 aliphatic rings. The number of amides is 2. The molecule has 0 saturated carbocycles. The lowest BCUT2D eigenvalue weighted by Gasteiger charge is -2.19. The van der Waals surface area contributed by atoms with Crippen LogP contribution in [0, 0.1) is 0 Å². The minimum atomic E-state index is -0.108. The lowest BCUT2D eigenvalue weighted by Crippen LogP contribution is -2.34. The molecular formula is C20H29N3O3. The van der Waals surface area contributed by atoms with Crippen LogP contribution >= 0.6 is 0 Å². The molecule has 1 aromatic rings. The minimum Gasteiger partial charge on any atom is -0.376 e. The van der Waals surface area contributed by atoms with E-state index < -0.39 is 0 Å². The highest BCUT2D eigenvalue weighted by atomic mass is 16.5. The fourth-order valence-corrected chi connectivity index (χ4v) is 3.52. The molecule has 2 fully saturated rings. The molecule has 1 unspecified atom stereocenters. The minimum absolute atomic E-state index is 0.00230. The summed E-state index contributed by atoms with van der Waals surface area (Å²) in [5, 5.41) is 5.82. The van der Waals surface area contributed by atoms with E-state index in [0.29, 0.717) is 18.7 Å². The zero-order valence-electron chi connectivity index (χ0n) is 15.3. The summed E-state index contributed by atoms with van der Waals surface area (Å²) in [4.78, 5) is 26.6. The number of carbonyl (C=O) groups excluding carboxylic acids is 2. The molecule has 1 aromatic carbocycles. The molecule has 2 aliphatic heterocycles. The lowest BCUT2D eigenvalue weighted by atomic mass is 10.2. The number of hydrogen-bond acceptors (Lipinski definition) is 4. The van der Waals surface area contributed by atoms with Gasteiger partial charge < -0.3 is 15.4 Å². The molecule has 3 rings (SSSR count). The number of hydrogen-bond donors (Lipinski definition) is 2. The Morgan fingerprint density at radius 2 is 1.77 bits per heavy atom. The summed E-state index contributed by atoms with van der Waals surface area (Å²) < 4.78 is 5.51. The van der Waals surface area contributed by atoms with Crippen LogP contribution < -0.4 is 10.6 Å². The predicted octanol–water partition coefficient (Wildman–Crippen LogP) is 2.41. The van der Waals surface area contributed by atoms with Gasteiger partial charge in [-0.2, -0.15) is 0 Å². The van der Waals surface area contributed by atoms with Crippen LogP contribution in [0.1, 0.15) is 48.9 Å². The van der Waals surface area contributed by atoms with Gasteiger partial charge in [0.1, 0.15) is 0 Å². The van der Waals surface area contributed by atoms with E-state index in [1.54, 1.807) is 24.3 Å². The van der Waals surface area contributed by atoms with Crippen LogP contribution in [0.2, 0.25) is 0 Å². The smallest absolute Gasteiger partial charge is 0.251 e. The number of rotatable bonds is 6. The summed E-state index contributed by atoms with van der Waals surface area (Å²) in [5.41, 5.74) is 1.31. The maximum Gasteiger partial charge on any atom is 0.251 e. The zero-order chi connectivity index (χ0) is 18.2. The second-order valence-electron chi connectivity index (χ2n) is 7.16. The average molecular weight is 359 g/mol. The van der Waals surface area contributed by atoms with Gasteiger partial charge in [-0.05, 0) is 63.0 Å². The Balaban J connectivity index is 1.44. The average Bonchev–Trinajstić information content (AvgIpc) is 3.04. The number of benzene rings is 1. The summed E-state index contributed by atoms with van der Waals surface area (Å²) in [7, 11) is 0. The normalized spacial score (nSPS) is 21.2. The maximum atomic E-state index is 12.2. The van der Waals surface area contributed by atoms with E-state index in [0.717, 1.165) is 38.2 Å². The molecule has 0 radical (unpaired) electrons. The molecule has 2 heterocycles. The molecule has 6 heteroatoms. The summed E-state index contributed by atoms with van der Waals surface area (Å²) in [6, 6.07) is 7.04. The van der Waals surface area contributed by atoms with Crippen molar-refractivity contribution in [3.63, 3.8) is 0 Å². The van der Waals surface area contributed by atoms with Crippen molar-refractivity contribution in [3.8, 4) is 0 Å². The van der Waals surface area contributed by atoms with E-state index in [9.17, 15) is 9.59 Å². The molecule has 0 bridgehead atoms. The van der Waals surface area contributed by atoms with Crippen molar-refractivity contribution in [1.29, 1.82) is 0 Å². The van der Waals surface area contributed by atoms with Crippen molar-refractivity contribution < 1.29 is 14.3 Å². The zero-order valence-corrected chi connectivity index (χ0v) is 15.3. The van der Waals surface area contributed by atoms with E-state index in [2.05, 4.69) is 15.5 Å². The highest BCUT2D eigenvalue weighted by Gasteiger charge is 2.17. The molecule has 26 heavy (non-hydrogen) atoms. The molecule has 1 atom stereocenters. The molecule has 0 aromatic heterocycles. The second-order valence-corrected chi connectivity index (χ2v) is 7.16. The standard InChI is InChI=1S/C20H29N3O3/c24-19(15-23-11-3-1-2-4-12-23)22-17-9-7-16(8-10-17)20(25)21-14-18-6-5-13-26-18/h7-10,18H,1-6,11-15H2,(H,21,25)(H,22,24). The quantitative estimate of drug-likeness (QED) is 0.818. The highest BCUT2D eigenvalue weighted by Crippen LogP contribution is 2.13. The van der Waals surface area contributed by atoms with Gasteiger partial charge in [-0.1, -0.05) is 12.8 Å². The van der Waals surface area contributed by atoms with Crippen LogP contribution in [0.4, 0.5) is 5.69 Å². The van der Waals surface area contributed by atoms with Gasteiger partial charge in [-0.3, -0.25) is 14.5 Å².